The van der Waals surface area contributed by atoms with Gasteiger partial charge in [0.1, 0.15) is 0 Å². The zero-order chi connectivity index (χ0) is 13.2. The van der Waals surface area contributed by atoms with E-state index in [-0.39, 0.29) is 30.0 Å². The van der Waals surface area contributed by atoms with Crippen molar-refractivity contribution < 1.29 is 17.8 Å². The van der Waals surface area contributed by atoms with Gasteiger partial charge >= 0.3 is 0 Å². The molecule has 0 bridgehead atoms. The Labute approximate surface area is 107 Å². The molecule has 0 unspecified atom stereocenters. The molecule has 1 aromatic rings. The summed E-state index contributed by atoms with van der Waals surface area (Å²) >= 11 is 0. The summed E-state index contributed by atoms with van der Waals surface area (Å²) in [6.07, 6.45) is 2.35. The number of hydrogen-bond donors (Lipinski definition) is 1. The minimum atomic E-state index is -2.94. The summed E-state index contributed by atoms with van der Waals surface area (Å²) in [5, 5.41) is 2.77. The molecule has 0 radical (unpaired) electrons. The minimum Gasteiger partial charge on any atom is -0.347 e. The summed E-state index contributed by atoms with van der Waals surface area (Å²) < 4.78 is 24.4. The second kappa shape index (κ2) is 5.06. The first-order chi connectivity index (χ1) is 8.46. The molecule has 98 valence electrons. The number of pyridine rings is 1. The van der Waals surface area contributed by atoms with E-state index < -0.39 is 9.84 Å². The second-order valence-electron chi connectivity index (χ2n) is 4.64. The van der Waals surface area contributed by atoms with Gasteiger partial charge in [0.25, 0.3) is 5.91 Å². The number of sulfone groups is 1. The molecule has 1 saturated heterocycles. The standard InChI is InChI=1S/C12H16N2O3S/c1-10-4-2-3-6-14(10)8-12(15)13-11-5-7-18(16,17)9-11/h2-4,6,11H,5,7-9H2,1H3/p+1/t11-/m1/s1. The molecule has 0 aliphatic carbocycles. The van der Waals surface area contributed by atoms with Crippen molar-refractivity contribution >= 4 is 15.7 Å². The molecule has 0 spiro atoms. The quantitative estimate of drug-likeness (QED) is 0.758. The maximum atomic E-state index is 11.8. The van der Waals surface area contributed by atoms with Crippen LogP contribution in [0, 0.1) is 6.92 Å². The van der Waals surface area contributed by atoms with Crippen molar-refractivity contribution in [1.82, 2.24) is 5.32 Å². The Morgan fingerprint density at radius 3 is 2.89 bits per heavy atom. The number of hydrogen-bond acceptors (Lipinski definition) is 3. The SMILES string of the molecule is Cc1cccc[n+]1CC(=O)N[C@@H]1CCS(=O)(=O)C1. The number of nitrogens with one attached hydrogen (secondary N) is 1. The average Bonchev–Trinajstić information content (AvgIpc) is 2.61. The molecule has 1 N–H and O–H groups in total. The van der Waals surface area contributed by atoms with Crippen LogP contribution in [0.4, 0.5) is 0 Å². The first-order valence-corrected chi connectivity index (χ1v) is 7.73. The van der Waals surface area contributed by atoms with Crippen LogP contribution < -0.4 is 9.88 Å². The highest BCUT2D eigenvalue weighted by molar-refractivity contribution is 7.91. The van der Waals surface area contributed by atoms with Gasteiger partial charge in [0.05, 0.1) is 11.5 Å². The zero-order valence-corrected chi connectivity index (χ0v) is 11.1. The van der Waals surface area contributed by atoms with E-state index in [2.05, 4.69) is 5.32 Å². The van der Waals surface area contributed by atoms with E-state index in [1.807, 2.05) is 35.9 Å². The van der Waals surface area contributed by atoms with Crippen LogP contribution >= 0.6 is 0 Å². The van der Waals surface area contributed by atoms with E-state index in [1.165, 1.54) is 0 Å². The summed E-state index contributed by atoms with van der Waals surface area (Å²) in [6.45, 7) is 2.15. The maximum Gasteiger partial charge on any atom is 0.286 e. The van der Waals surface area contributed by atoms with E-state index in [9.17, 15) is 13.2 Å². The van der Waals surface area contributed by atoms with Gasteiger partial charge in [-0.3, -0.25) is 4.79 Å². The molecule has 2 rings (SSSR count). The molecule has 1 atom stereocenters. The van der Waals surface area contributed by atoms with Gasteiger partial charge in [-0.05, 0) is 6.42 Å². The highest BCUT2D eigenvalue weighted by Crippen LogP contribution is 2.10. The van der Waals surface area contributed by atoms with Gasteiger partial charge < -0.3 is 5.32 Å². The molecule has 1 fully saturated rings. The lowest BCUT2D eigenvalue weighted by Gasteiger charge is -2.09. The fourth-order valence-electron chi connectivity index (χ4n) is 2.08. The van der Waals surface area contributed by atoms with Crippen LogP contribution in [0.5, 0.6) is 0 Å². The zero-order valence-electron chi connectivity index (χ0n) is 10.3. The molecule has 1 amide bonds. The fraction of sp³-hybridized carbons (Fsp3) is 0.500. The second-order valence-corrected chi connectivity index (χ2v) is 6.87. The van der Waals surface area contributed by atoms with Gasteiger partial charge in [0.15, 0.2) is 21.7 Å². The highest BCUT2D eigenvalue weighted by atomic mass is 32.2. The number of nitrogens with zero attached hydrogens (tertiary/aromatic N) is 1. The molecule has 1 aromatic heterocycles. The van der Waals surface area contributed by atoms with Gasteiger partial charge in [0, 0.05) is 25.1 Å². The normalized spacial score (nSPS) is 21.7. The van der Waals surface area contributed by atoms with Crippen LogP contribution in [0.25, 0.3) is 0 Å². The predicted octanol–water partition coefficient (Wildman–Crippen LogP) is -0.414. The first-order valence-electron chi connectivity index (χ1n) is 5.91. The van der Waals surface area contributed by atoms with Gasteiger partial charge in [-0.15, -0.1) is 0 Å². The third-order valence-electron chi connectivity index (χ3n) is 3.08. The molecule has 18 heavy (non-hydrogen) atoms. The average molecular weight is 269 g/mol. The Hall–Kier alpha value is -1.43. The Balaban J connectivity index is 1.92. The Kier molecular flexibility index (Phi) is 3.65. The van der Waals surface area contributed by atoms with E-state index in [0.29, 0.717) is 6.42 Å². The molecule has 1 aliphatic rings. The van der Waals surface area contributed by atoms with Gasteiger partial charge in [-0.1, -0.05) is 6.07 Å². The molecule has 2 heterocycles. The van der Waals surface area contributed by atoms with Crippen molar-refractivity contribution in [3.8, 4) is 0 Å². The topological polar surface area (TPSA) is 67.1 Å². The van der Waals surface area contributed by atoms with E-state index in [4.69, 9.17) is 0 Å². The van der Waals surface area contributed by atoms with Crippen molar-refractivity contribution in [3.05, 3.63) is 30.1 Å². The summed E-state index contributed by atoms with van der Waals surface area (Å²) in [6, 6.07) is 5.47. The molecule has 6 heteroatoms. The molecule has 1 aliphatic heterocycles. The molecule has 5 nitrogen and oxygen atoms in total. The number of rotatable bonds is 3. The number of carbonyl (C=O) groups is 1. The largest absolute Gasteiger partial charge is 0.347 e. The summed E-state index contributed by atoms with van der Waals surface area (Å²) in [7, 11) is -2.94. The first kappa shape index (κ1) is 13.0. The molecular formula is C12H17N2O3S+. The van der Waals surface area contributed by atoms with Crippen molar-refractivity contribution in [2.75, 3.05) is 11.5 Å². The van der Waals surface area contributed by atoms with E-state index in [0.717, 1.165) is 5.69 Å². The molecule has 0 saturated carbocycles. The minimum absolute atomic E-state index is 0.0666. The molecular weight excluding hydrogens is 252 g/mol. The van der Waals surface area contributed by atoms with Crippen LogP contribution in [-0.2, 0) is 21.2 Å². The van der Waals surface area contributed by atoms with E-state index in [1.54, 1.807) is 0 Å². The Morgan fingerprint density at radius 2 is 2.28 bits per heavy atom. The monoisotopic (exact) mass is 269 g/mol. The predicted molar refractivity (Wildman–Crippen MR) is 66.6 cm³/mol. The van der Waals surface area contributed by atoms with E-state index >= 15 is 0 Å². The summed E-state index contributed by atoms with van der Waals surface area (Å²) in [5.74, 6) is 0.100. The molecule has 0 aromatic carbocycles. The Morgan fingerprint density at radius 1 is 1.50 bits per heavy atom. The lowest BCUT2D eigenvalue weighted by Crippen LogP contribution is -2.47. The van der Waals surface area contributed by atoms with Crippen molar-refractivity contribution in [2.45, 2.75) is 25.9 Å². The lowest BCUT2D eigenvalue weighted by atomic mass is 10.2. The smallest absolute Gasteiger partial charge is 0.286 e. The van der Waals surface area contributed by atoms with Gasteiger partial charge in [-0.2, -0.15) is 4.57 Å². The third kappa shape index (κ3) is 3.29. The van der Waals surface area contributed by atoms with Crippen LogP contribution in [0.15, 0.2) is 24.4 Å². The maximum absolute atomic E-state index is 11.8. The van der Waals surface area contributed by atoms with Crippen LogP contribution in [-0.4, -0.2) is 31.9 Å². The Bertz CT molecular complexity index is 554. The van der Waals surface area contributed by atoms with Gasteiger partial charge in [0.2, 0.25) is 6.54 Å². The number of aryl methyl sites for hydroxylation is 1. The highest BCUT2D eigenvalue weighted by Gasteiger charge is 2.29. The van der Waals surface area contributed by atoms with Crippen LogP contribution in [0.3, 0.4) is 0 Å². The lowest BCUT2D eigenvalue weighted by molar-refractivity contribution is -0.690. The van der Waals surface area contributed by atoms with Gasteiger partial charge in [-0.25, -0.2) is 8.42 Å². The number of aromatic nitrogens is 1. The number of amides is 1. The van der Waals surface area contributed by atoms with Crippen molar-refractivity contribution in [3.63, 3.8) is 0 Å². The van der Waals surface area contributed by atoms with Crippen LogP contribution in [0.1, 0.15) is 12.1 Å². The summed E-state index contributed by atoms with van der Waals surface area (Å²) in [5.41, 5.74) is 0.992. The van der Waals surface area contributed by atoms with Crippen LogP contribution in [0.2, 0.25) is 0 Å². The fourth-order valence-corrected chi connectivity index (χ4v) is 3.75. The number of carbonyl (C=O) groups excluding carboxylic acids is 1. The third-order valence-corrected chi connectivity index (χ3v) is 4.85. The van der Waals surface area contributed by atoms with Crippen molar-refractivity contribution in [2.24, 2.45) is 0 Å². The summed E-state index contributed by atoms with van der Waals surface area (Å²) in [4.78, 5) is 11.8. The van der Waals surface area contributed by atoms with Crippen molar-refractivity contribution in [1.29, 1.82) is 0 Å².